The van der Waals surface area contributed by atoms with Crippen molar-refractivity contribution in [3.63, 3.8) is 0 Å². The number of hydrogen-bond donors (Lipinski definition) is 3. The number of rotatable bonds is 4. The molecule has 7 nitrogen and oxygen atoms in total. The Bertz CT molecular complexity index is 423. The van der Waals surface area contributed by atoms with Crippen LogP contribution in [0.5, 0.6) is 0 Å². The third-order valence-electron chi connectivity index (χ3n) is 3.16. The third-order valence-corrected chi connectivity index (χ3v) is 3.16. The largest absolute Gasteiger partial charge is 0.409 e. The molecule has 1 saturated carbocycles. The maximum atomic E-state index is 12.0. The molecule has 1 aromatic heterocycles. The first-order valence-corrected chi connectivity index (χ1v) is 5.34. The van der Waals surface area contributed by atoms with Gasteiger partial charge < -0.3 is 20.8 Å². The Kier molecular flexibility index (Phi) is 2.99. The topological polar surface area (TPSA) is 114 Å². The van der Waals surface area contributed by atoms with Crippen molar-refractivity contribution in [1.29, 1.82) is 0 Å². The van der Waals surface area contributed by atoms with E-state index in [1.165, 1.54) is 6.26 Å². The molecule has 0 bridgehead atoms. The molecule has 2 rings (SSSR count). The fourth-order valence-electron chi connectivity index (χ4n) is 1.89. The molecule has 7 heteroatoms. The summed E-state index contributed by atoms with van der Waals surface area (Å²) in [6, 6.07) is 1.66. The molecule has 1 aliphatic rings. The lowest BCUT2D eigenvalue weighted by Crippen LogP contribution is -2.53. The first kappa shape index (κ1) is 11.4. The van der Waals surface area contributed by atoms with Gasteiger partial charge in [0.1, 0.15) is 17.4 Å². The third kappa shape index (κ3) is 1.95. The summed E-state index contributed by atoms with van der Waals surface area (Å²) < 4.78 is 4.65. The van der Waals surface area contributed by atoms with Crippen LogP contribution in [0.25, 0.3) is 0 Å². The van der Waals surface area contributed by atoms with Gasteiger partial charge >= 0.3 is 0 Å². The fraction of sp³-hybridized carbons (Fsp3) is 0.500. The smallest absolute Gasteiger partial charge is 0.234 e. The molecule has 17 heavy (non-hydrogen) atoms. The molecule has 1 aromatic rings. The Labute approximate surface area is 97.6 Å². The van der Waals surface area contributed by atoms with Crippen LogP contribution < -0.4 is 11.1 Å². The standard InChI is InChI=1S/C10H14N4O3/c11-8(13-16)10(3-1-4-10)9(15)12-6-7-2-5-17-14-7/h2,5,16H,1,3-4,6H2,(H2,11,13)(H,12,15). The number of carbonyl (C=O) groups is 1. The van der Waals surface area contributed by atoms with Crippen molar-refractivity contribution < 1.29 is 14.5 Å². The van der Waals surface area contributed by atoms with Gasteiger partial charge in [0, 0.05) is 6.07 Å². The highest BCUT2D eigenvalue weighted by Crippen LogP contribution is 2.41. The Morgan fingerprint density at radius 1 is 1.71 bits per heavy atom. The Balaban J connectivity index is 1.99. The van der Waals surface area contributed by atoms with Crippen LogP contribution in [0.1, 0.15) is 25.0 Å². The summed E-state index contributed by atoms with van der Waals surface area (Å²) in [6.07, 6.45) is 3.54. The summed E-state index contributed by atoms with van der Waals surface area (Å²) in [5.41, 5.74) is 5.35. The van der Waals surface area contributed by atoms with Crippen LogP contribution in [0.15, 0.2) is 22.0 Å². The van der Waals surface area contributed by atoms with Crippen LogP contribution in [0.3, 0.4) is 0 Å². The number of nitrogens with zero attached hydrogens (tertiary/aromatic N) is 2. The molecule has 1 fully saturated rings. The maximum absolute atomic E-state index is 12.0. The molecule has 0 aromatic carbocycles. The number of nitrogens with one attached hydrogen (secondary N) is 1. The van der Waals surface area contributed by atoms with Crippen molar-refractivity contribution in [1.82, 2.24) is 10.5 Å². The highest BCUT2D eigenvalue weighted by molar-refractivity contribution is 6.07. The van der Waals surface area contributed by atoms with E-state index in [9.17, 15) is 4.79 Å². The van der Waals surface area contributed by atoms with E-state index in [1.807, 2.05) is 0 Å². The number of hydrogen-bond acceptors (Lipinski definition) is 5. The lowest BCUT2D eigenvalue weighted by atomic mass is 9.67. The molecular weight excluding hydrogens is 224 g/mol. The minimum absolute atomic E-state index is 0.0265. The van der Waals surface area contributed by atoms with Crippen LogP contribution in [-0.4, -0.2) is 22.1 Å². The van der Waals surface area contributed by atoms with Gasteiger partial charge in [-0.15, -0.1) is 0 Å². The number of nitrogens with two attached hydrogens (primary N) is 1. The molecule has 0 unspecified atom stereocenters. The lowest BCUT2D eigenvalue weighted by molar-refractivity contribution is -0.131. The summed E-state index contributed by atoms with van der Waals surface area (Å²) in [5, 5.41) is 18.0. The zero-order chi connectivity index (χ0) is 12.3. The van der Waals surface area contributed by atoms with E-state index in [0.29, 0.717) is 18.5 Å². The molecular formula is C10H14N4O3. The molecule has 0 spiro atoms. The van der Waals surface area contributed by atoms with Gasteiger partial charge in [0.25, 0.3) is 0 Å². The summed E-state index contributed by atoms with van der Waals surface area (Å²) >= 11 is 0. The van der Waals surface area contributed by atoms with Gasteiger partial charge in [-0.25, -0.2) is 0 Å². The van der Waals surface area contributed by atoms with E-state index >= 15 is 0 Å². The highest BCUT2D eigenvalue weighted by atomic mass is 16.5. The highest BCUT2D eigenvalue weighted by Gasteiger charge is 2.48. The van der Waals surface area contributed by atoms with Gasteiger partial charge in [-0.3, -0.25) is 4.79 Å². The van der Waals surface area contributed by atoms with Gasteiger partial charge in [0.2, 0.25) is 5.91 Å². The SMILES string of the molecule is N/C(=N/O)C1(C(=O)NCc2ccon2)CCC1. The number of aromatic nitrogens is 1. The van der Waals surface area contributed by atoms with Gasteiger partial charge in [0.05, 0.1) is 6.54 Å². The van der Waals surface area contributed by atoms with Crippen molar-refractivity contribution in [2.75, 3.05) is 0 Å². The van der Waals surface area contributed by atoms with Crippen LogP contribution in [0.4, 0.5) is 0 Å². The monoisotopic (exact) mass is 238 g/mol. The second-order valence-electron chi connectivity index (χ2n) is 4.09. The van der Waals surface area contributed by atoms with E-state index in [-0.39, 0.29) is 18.3 Å². The Hall–Kier alpha value is -2.05. The van der Waals surface area contributed by atoms with E-state index < -0.39 is 5.41 Å². The van der Waals surface area contributed by atoms with E-state index in [0.717, 1.165) is 6.42 Å². The molecule has 0 radical (unpaired) electrons. The zero-order valence-corrected chi connectivity index (χ0v) is 9.22. The normalized spacial score (nSPS) is 18.5. The molecule has 0 saturated heterocycles. The second-order valence-corrected chi connectivity index (χ2v) is 4.09. The predicted octanol–water partition coefficient (Wildman–Crippen LogP) is 0.208. The molecule has 1 heterocycles. The summed E-state index contributed by atoms with van der Waals surface area (Å²) in [4.78, 5) is 12.0. The average Bonchev–Trinajstić information content (AvgIpc) is 2.77. The van der Waals surface area contributed by atoms with Gasteiger partial charge in [0.15, 0.2) is 5.84 Å². The first-order chi connectivity index (χ1) is 8.19. The minimum atomic E-state index is -0.849. The minimum Gasteiger partial charge on any atom is -0.409 e. The van der Waals surface area contributed by atoms with Crippen LogP contribution >= 0.6 is 0 Å². The second kappa shape index (κ2) is 4.44. The summed E-state index contributed by atoms with van der Waals surface area (Å²) in [7, 11) is 0. The van der Waals surface area contributed by atoms with Gasteiger partial charge in [-0.1, -0.05) is 16.7 Å². The lowest BCUT2D eigenvalue weighted by Gasteiger charge is -2.38. The van der Waals surface area contributed by atoms with Crippen LogP contribution in [0.2, 0.25) is 0 Å². The fourth-order valence-corrected chi connectivity index (χ4v) is 1.89. The van der Waals surface area contributed by atoms with E-state index in [4.69, 9.17) is 10.9 Å². The predicted molar refractivity (Wildman–Crippen MR) is 58.0 cm³/mol. The molecule has 0 aliphatic heterocycles. The number of carbonyl (C=O) groups excluding carboxylic acids is 1. The van der Waals surface area contributed by atoms with Gasteiger partial charge in [-0.2, -0.15) is 0 Å². The van der Waals surface area contributed by atoms with E-state index in [2.05, 4.69) is 20.2 Å². The van der Waals surface area contributed by atoms with Crippen LogP contribution in [-0.2, 0) is 11.3 Å². The quantitative estimate of drug-likeness (QED) is 0.300. The van der Waals surface area contributed by atoms with Gasteiger partial charge in [-0.05, 0) is 12.8 Å². The Morgan fingerprint density at radius 3 is 2.94 bits per heavy atom. The number of oxime groups is 1. The van der Waals surface area contributed by atoms with Crippen molar-refractivity contribution in [2.45, 2.75) is 25.8 Å². The van der Waals surface area contributed by atoms with Crippen LogP contribution in [0, 0.1) is 5.41 Å². The molecule has 4 N–H and O–H groups in total. The van der Waals surface area contributed by atoms with Crippen molar-refractivity contribution in [3.8, 4) is 0 Å². The van der Waals surface area contributed by atoms with Crippen molar-refractivity contribution >= 4 is 11.7 Å². The molecule has 92 valence electrons. The number of amides is 1. The Morgan fingerprint density at radius 2 is 2.47 bits per heavy atom. The molecule has 1 aliphatic carbocycles. The summed E-state index contributed by atoms with van der Waals surface area (Å²) in [6.45, 7) is 0.274. The summed E-state index contributed by atoms with van der Waals surface area (Å²) in [5.74, 6) is -0.261. The molecule has 0 atom stereocenters. The maximum Gasteiger partial charge on any atom is 0.234 e. The molecule has 1 amide bonds. The first-order valence-electron chi connectivity index (χ1n) is 5.34. The van der Waals surface area contributed by atoms with Crippen molar-refractivity contribution in [3.05, 3.63) is 18.0 Å². The zero-order valence-electron chi connectivity index (χ0n) is 9.22. The van der Waals surface area contributed by atoms with Crippen molar-refractivity contribution in [2.24, 2.45) is 16.3 Å². The number of amidine groups is 1. The average molecular weight is 238 g/mol. The van der Waals surface area contributed by atoms with E-state index in [1.54, 1.807) is 6.07 Å².